The third-order valence-electron chi connectivity index (χ3n) is 2.87. The van der Waals surface area contributed by atoms with Gasteiger partial charge in [-0.2, -0.15) is 0 Å². The number of carbonyl (C=O) groups is 1. The number of amides is 1. The zero-order chi connectivity index (χ0) is 11.5. The van der Waals surface area contributed by atoms with Crippen molar-refractivity contribution in [1.82, 2.24) is 15.3 Å². The summed E-state index contributed by atoms with van der Waals surface area (Å²) in [5, 5.41) is 12.1. The van der Waals surface area contributed by atoms with E-state index in [4.69, 9.17) is 0 Å². The fourth-order valence-corrected chi connectivity index (χ4v) is 1.94. The Labute approximate surface area is 92.1 Å². The number of rotatable bonds is 2. The Morgan fingerprint density at radius 3 is 2.62 bits per heavy atom. The number of aliphatic hydroxyl groups excluding tert-OH is 1. The van der Waals surface area contributed by atoms with Crippen LogP contribution in [-0.2, 0) is 0 Å². The number of hydrogen-bond donors (Lipinski definition) is 4. The van der Waals surface area contributed by atoms with Crippen LogP contribution in [0.3, 0.4) is 0 Å². The molecule has 4 N–H and O–H groups in total. The third-order valence-corrected chi connectivity index (χ3v) is 2.87. The molecule has 1 fully saturated rings. The van der Waals surface area contributed by atoms with Crippen molar-refractivity contribution in [1.29, 1.82) is 0 Å². The predicted octanol–water partition coefficient (Wildman–Crippen LogP) is -0.264. The molecular formula is C10H15N3O3. The number of nitrogens with one attached hydrogen (secondary N) is 3. The summed E-state index contributed by atoms with van der Waals surface area (Å²) >= 11 is 0. The van der Waals surface area contributed by atoms with Gasteiger partial charge in [0, 0.05) is 12.2 Å². The van der Waals surface area contributed by atoms with Crippen LogP contribution in [0.1, 0.15) is 36.2 Å². The number of aromatic nitrogens is 2. The summed E-state index contributed by atoms with van der Waals surface area (Å²) in [5.41, 5.74) is -0.139. The lowest BCUT2D eigenvalue weighted by Crippen LogP contribution is -2.38. The van der Waals surface area contributed by atoms with Crippen LogP contribution in [0.2, 0.25) is 0 Å². The van der Waals surface area contributed by atoms with Crippen LogP contribution in [0.5, 0.6) is 0 Å². The van der Waals surface area contributed by atoms with E-state index in [0.29, 0.717) is 12.8 Å². The highest BCUT2D eigenvalue weighted by Gasteiger charge is 2.21. The van der Waals surface area contributed by atoms with Crippen LogP contribution < -0.4 is 11.0 Å². The molecule has 1 heterocycles. The van der Waals surface area contributed by atoms with Crippen molar-refractivity contribution < 1.29 is 9.90 Å². The molecule has 0 unspecified atom stereocenters. The molecule has 1 aromatic rings. The molecule has 1 aliphatic carbocycles. The standard InChI is InChI=1S/C10H15N3O3/c14-7-3-1-6(2-4-7)12-9(15)8-5-11-10(16)13-8/h5-7,14H,1-4H2,(H,12,15)(H2,11,13,16). The van der Waals surface area contributed by atoms with Crippen LogP contribution in [0.4, 0.5) is 0 Å². The van der Waals surface area contributed by atoms with Gasteiger partial charge in [-0.15, -0.1) is 0 Å². The summed E-state index contributed by atoms with van der Waals surface area (Å²) in [4.78, 5) is 27.2. The van der Waals surface area contributed by atoms with Gasteiger partial charge >= 0.3 is 5.69 Å². The molecule has 0 radical (unpaired) electrons. The molecule has 0 spiro atoms. The van der Waals surface area contributed by atoms with Crippen molar-refractivity contribution in [3.8, 4) is 0 Å². The normalized spacial score (nSPS) is 25.3. The second-order valence-corrected chi connectivity index (χ2v) is 4.14. The van der Waals surface area contributed by atoms with Gasteiger partial charge in [0.2, 0.25) is 0 Å². The van der Waals surface area contributed by atoms with E-state index in [2.05, 4.69) is 15.3 Å². The minimum absolute atomic E-state index is 0.0919. The summed E-state index contributed by atoms with van der Waals surface area (Å²) in [5.74, 6) is -0.278. The summed E-state index contributed by atoms with van der Waals surface area (Å²) in [7, 11) is 0. The van der Waals surface area contributed by atoms with Gasteiger partial charge in [0.25, 0.3) is 5.91 Å². The summed E-state index contributed by atoms with van der Waals surface area (Å²) in [6, 6.07) is 0.0919. The minimum atomic E-state index is -0.385. The van der Waals surface area contributed by atoms with Crippen LogP contribution in [0.15, 0.2) is 11.0 Å². The van der Waals surface area contributed by atoms with Crippen molar-refractivity contribution in [2.75, 3.05) is 0 Å². The van der Waals surface area contributed by atoms with Gasteiger partial charge in [0.15, 0.2) is 0 Å². The van der Waals surface area contributed by atoms with E-state index in [1.807, 2.05) is 0 Å². The number of imidazole rings is 1. The van der Waals surface area contributed by atoms with E-state index < -0.39 is 0 Å². The fraction of sp³-hybridized carbons (Fsp3) is 0.600. The van der Waals surface area contributed by atoms with Gasteiger partial charge in [-0.1, -0.05) is 0 Å². The monoisotopic (exact) mass is 225 g/mol. The molecule has 1 amide bonds. The largest absolute Gasteiger partial charge is 0.393 e. The van der Waals surface area contributed by atoms with E-state index in [-0.39, 0.29) is 29.4 Å². The highest BCUT2D eigenvalue weighted by molar-refractivity contribution is 5.92. The first-order valence-electron chi connectivity index (χ1n) is 5.42. The third kappa shape index (κ3) is 2.52. The van der Waals surface area contributed by atoms with E-state index in [1.54, 1.807) is 0 Å². The average molecular weight is 225 g/mol. The van der Waals surface area contributed by atoms with Gasteiger partial charge < -0.3 is 20.4 Å². The summed E-state index contributed by atoms with van der Waals surface area (Å²) in [6.07, 6.45) is 4.11. The molecule has 0 aliphatic heterocycles. The zero-order valence-corrected chi connectivity index (χ0v) is 8.82. The van der Waals surface area contributed by atoms with Gasteiger partial charge in [-0.3, -0.25) is 4.79 Å². The molecule has 0 aromatic carbocycles. The second-order valence-electron chi connectivity index (χ2n) is 4.14. The smallest absolute Gasteiger partial charge is 0.323 e. The molecule has 1 saturated carbocycles. The lowest BCUT2D eigenvalue weighted by atomic mass is 9.93. The lowest BCUT2D eigenvalue weighted by Gasteiger charge is -2.25. The lowest BCUT2D eigenvalue weighted by molar-refractivity contribution is 0.0863. The molecule has 0 saturated heterocycles. The Balaban J connectivity index is 1.90. The SMILES string of the molecule is O=C(NC1CCC(O)CC1)c1c[nH]c(=O)[nH]1. The molecule has 0 bridgehead atoms. The number of H-pyrrole nitrogens is 2. The number of carbonyl (C=O) groups excluding carboxylic acids is 1. The minimum Gasteiger partial charge on any atom is -0.393 e. The maximum atomic E-state index is 11.6. The molecule has 16 heavy (non-hydrogen) atoms. The topological polar surface area (TPSA) is 98.0 Å². The van der Waals surface area contributed by atoms with E-state index >= 15 is 0 Å². The Hall–Kier alpha value is -1.56. The fourth-order valence-electron chi connectivity index (χ4n) is 1.94. The molecule has 6 heteroatoms. The van der Waals surface area contributed by atoms with Gasteiger partial charge in [-0.05, 0) is 25.7 Å². The molecule has 6 nitrogen and oxygen atoms in total. The highest BCUT2D eigenvalue weighted by Crippen LogP contribution is 2.18. The van der Waals surface area contributed by atoms with E-state index in [1.165, 1.54) is 6.20 Å². The van der Waals surface area contributed by atoms with Crippen LogP contribution in [0.25, 0.3) is 0 Å². The maximum absolute atomic E-state index is 11.6. The molecule has 0 atom stereocenters. The van der Waals surface area contributed by atoms with Crippen LogP contribution in [0, 0.1) is 0 Å². The number of hydrogen-bond acceptors (Lipinski definition) is 3. The van der Waals surface area contributed by atoms with Crippen molar-refractivity contribution in [2.45, 2.75) is 37.8 Å². The summed E-state index contributed by atoms with van der Waals surface area (Å²) < 4.78 is 0. The van der Waals surface area contributed by atoms with E-state index in [0.717, 1.165) is 12.8 Å². The highest BCUT2D eigenvalue weighted by atomic mass is 16.3. The first-order valence-corrected chi connectivity index (χ1v) is 5.42. The van der Waals surface area contributed by atoms with Crippen molar-refractivity contribution in [2.24, 2.45) is 0 Å². The van der Waals surface area contributed by atoms with Crippen molar-refractivity contribution >= 4 is 5.91 Å². The number of aliphatic hydroxyl groups is 1. The van der Waals surface area contributed by atoms with Crippen molar-refractivity contribution in [3.05, 3.63) is 22.4 Å². The first-order chi connectivity index (χ1) is 7.65. The second kappa shape index (κ2) is 4.52. The molecular weight excluding hydrogens is 210 g/mol. The van der Waals surface area contributed by atoms with Crippen LogP contribution >= 0.6 is 0 Å². The summed E-state index contributed by atoms with van der Waals surface area (Å²) in [6.45, 7) is 0. The van der Waals surface area contributed by atoms with Crippen LogP contribution in [-0.4, -0.2) is 33.1 Å². The quantitative estimate of drug-likeness (QED) is 0.558. The van der Waals surface area contributed by atoms with Gasteiger partial charge in [-0.25, -0.2) is 4.79 Å². The Bertz CT molecular complexity index is 415. The maximum Gasteiger partial charge on any atom is 0.323 e. The Morgan fingerprint density at radius 1 is 1.38 bits per heavy atom. The Kier molecular flexibility index (Phi) is 3.09. The average Bonchev–Trinajstić information content (AvgIpc) is 2.68. The van der Waals surface area contributed by atoms with Gasteiger partial charge in [0.1, 0.15) is 5.69 Å². The molecule has 88 valence electrons. The number of aromatic amines is 2. The van der Waals surface area contributed by atoms with E-state index in [9.17, 15) is 14.7 Å². The zero-order valence-electron chi connectivity index (χ0n) is 8.82. The first kappa shape index (κ1) is 10.9. The van der Waals surface area contributed by atoms with Gasteiger partial charge in [0.05, 0.1) is 6.10 Å². The predicted molar refractivity (Wildman–Crippen MR) is 57.1 cm³/mol. The van der Waals surface area contributed by atoms with Crippen molar-refractivity contribution in [3.63, 3.8) is 0 Å². The Morgan fingerprint density at radius 2 is 2.06 bits per heavy atom. The molecule has 1 aliphatic rings. The molecule has 1 aromatic heterocycles. The molecule has 2 rings (SSSR count).